The molecule has 1 nitrogen and oxygen atoms in total. The highest BCUT2D eigenvalue weighted by Gasteiger charge is 2.36. The highest BCUT2D eigenvalue weighted by atomic mass is 19.4. The van der Waals surface area contributed by atoms with E-state index in [9.17, 15) is 18.0 Å². The highest BCUT2D eigenvalue weighted by molar-refractivity contribution is 6.06. The average molecular weight is 415 g/mol. The minimum Gasteiger partial charge on any atom is -0.298 e. The number of fused-ring (bicyclic) bond motifs is 1. The Bertz CT molecular complexity index is 964. The molecule has 0 aliphatic heterocycles. The number of carbonyl (C=O) groups excluding carboxylic acids is 1. The van der Waals surface area contributed by atoms with Gasteiger partial charge in [0.1, 0.15) is 6.29 Å². The molecular formula is C26H29F3O. The second-order valence-corrected chi connectivity index (χ2v) is 9.54. The van der Waals surface area contributed by atoms with E-state index in [2.05, 4.69) is 45.9 Å². The predicted octanol–water partition coefficient (Wildman–Crippen LogP) is 7.27. The van der Waals surface area contributed by atoms with Crippen molar-refractivity contribution in [3.63, 3.8) is 0 Å². The summed E-state index contributed by atoms with van der Waals surface area (Å²) in [5, 5.41) is 0. The van der Waals surface area contributed by atoms with E-state index in [4.69, 9.17) is 0 Å². The zero-order valence-corrected chi connectivity index (χ0v) is 18.1. The zero-order valence-electron chi connectivity index (χ0n) is 18.1. The molecule has 0 N–H and O–H groups in total. The molecule has 0 spiro atoms. The summed E-state index contributed by atoms with van der Waals surface area (Å²) in [7, 11) is 0. The molecule has 2 aromatic rings. The third kappa shape index (κ3) is 4.69. The van der Waals surface area contributed by atoms with Crippen molar-refractivity contribution >= 4 is 11.9 Å². The minimum absolute atomic E-state index is 0.128. The summed E-state index contributed by atoms with van der Waals surface area (Å²) in [6.07, 6.45) is 1.57. The first-order chi connectivity index (χ1) is 13.9. The number of hydrogen-bond acceptors (Lipinski definition) is 1. The van der Waals surface area contributed by atoms with Crippen molar-refractivity contribution in [2.75, 3.05) is 0 Å². The van der Waals surface area contributed by atoms with E-state index < -0.39 is 11.7 Å². The van der Waals surface area contributed by atoms with Gasteiger partial charge in [0.15, 0.2) is 0 Å². The first-order valence-corrected chi connectivity index (χ1v) is 10.4. The van der Waals surface area contributed by atoms with Crippen molar-refractivity contribution in [1.82, 2.24) is 0 Å². The first-order valence-electron chi connectivity index (χ1n) is 10.4. The van der Waals surface area contributed by atoms with Gasteiger partial charge in [0.25, 0.3) is 0 Å². The summed E-state index contributed by atoms with van der Waals surface area (Å²) >= 11 is 0. The summed E-state index contributed by atoms with van der Waals surface area (Å²) in [5.74, 6) is 0. The number of rotatable bonds is 5. The van der Waals surface area contributed by atoms with Crippen molar-refractivity contribution in [1.29, 1.82) is 0 Å². The number of allylic oxidation sites excluding steroid dienone is 2. The van der Waals surface area contributed by atoms with Gasteiger partial charge < -0.3 is 0 Å². The lowest BCUT2D eigenvalue weighted by atomic mass is 9.63. The predicted molar refractivity (Wildman–Crippen MR) is 116 cm³/mol. The van der Waals surface area contributed by atoms with Gasteiger partial charge in [0.2, 0.25) is 0 Å². The maximum absolute atomic E-state index is 13.0. The molecule has 0 unspecified atom stereocenters. The van der Waals surface area contributed by atoms with Crippen LogP contribution in [0, 0.1) is 0 Å². The fourth-order valence-electron chi connectivity index (χ4n) is 4.29. The van der Waals surface area contributed by atoms with Gasteiger partial charge in [0.05, 0.1) is 5.56 Å². The third-order valence-electron chi connectivity index (χ3n) is 6.36. The molecule has 3 rings (SSSR count). The van der Waals surface area contributed by atoms with Crippen LogP contribution in [0.1, 0.15) is 74.8 Å². The van der Waals surface area contributed by atoms with E-state index in [1.54, 1.807) is 12.1 Å². The molecule has 0 fully saturated rings. The molecule has 30 heavy (non-hydrogen) atoms. The van der Waals surface area contributed by atoms with Gasteiger partial charge in [-0.25, -0.2) is 0 Å². The molecule has 1 aliphatic carbocycles. The van der Waals surface area contributed by atoms with Crippen LogP contribution < -0.4 is 0 Å². The van der Waals surface area contributed by atoms with Crippen LogP contribution in [-0.2, 0) is 28.2 Å². The standard InChI is InChI=1S/C26H29F3O/c1-24(2)13-14-25(3,4)23-15-18(11-12-22(23)24)7-5-9-20(17-30)19-8-6-10-21(16-19)26(27,28)29/h6,8-12,15-17H,5,7,13-14H2,1-4H3/b20-9+. The fourth-order valence-corrected chi connectivity index (χ4v) is 4.29. The van der Waals surface area contributed by atoms with Crippen LogP contribution in [0.3, 0.4) is 0 Å². The Hall–Kier alpha value is -2.36. The van der Waals surface area contributed by atoms with Crippen LogP contribution in [-0.4, -0.2) is 6.29 Å². The SMILES string of the molecule is CC1(C)CCC(C)(C)c2cc(CC/C=C(\C=O)c3cccc(C(F)(F)F)c3)ccc21. The van der Waals surface area contributed by atoms with Crippen LogP contribution in [0.2, 0.25) is 0 Å². The van der Waals surface area contributed by atoms with Gasteiger partial charge in [0, 0.05) is 5.57 Å². The molecule has 0 saturated carbocycles. The van der Waals surface area contributed by atoms with Gasteiger partial charge in [-0.1, -0.05) is 64.1 Å². The van der Waals surface area contributed by atoms with E-state index in [1.165, 1.54) is 22.8 Å². The van der Waals surface area contributed by atoms with Gasteiger partial charge >= 0.3 is 6.18 Å². The second-order valence-electron chi connectivity index (χ2n) is 9.54. The molecule has 0 radical (unpaired) electrons. The molecule has 160 valence electrons. The number of aldehydes is 1. The lowest BCUT2D eigenvalue weighted by molar-refractivity contribution is -0.137. The number of alkyl halides is 3. The van der Waals surface area contributed by atoms with Crippen molar-refractivity contribution in [3.8, 4) is 0 Å². The van der Waals surface area contributed by atoms with Crippen LogP contribution in [0.15, 0.2) is 48.5 Å². The van der Waals surface area contributed by atoms with Crippen molar-refractivity contribution in [2.45, 2.75) is 70.4 Å². The minimum atomic E-state index is -4.42. The Kier molecular flexibility index (Phi) is 5.99. The molecule has 4 heteroatoms. The Morgan fingerprint density at radius 3 is 2.27 bits per heavy atom. The molecule has 0 heterocycles. The number of benzene rings is 2. The molecule has 0 aromatic heterocycles. The summed E-state index contributed by atoms with van der Waals surface area (Å²) in [4.78, 5) is 11.5. The van der Waals surface area contributed by atoms with E-state index in [-0.39, 0.29) is 10.8 Å². The van der Waals surface area contributed by atoms with E-state index >= 15 is 0 Å². The monoisotopic (exact) mass is 414 g/mol. The smallest absolute Gasteiger partial charge is 0.298 e. The van der Waals surface area contributed by atoms with Gasteiger partial charge in [-0.05, 0) is 70.9 Å². The molecule has 0 bridgehead atoms. The Morgan fingerprint density at radius 2 is 1.63 bits per heavy atom. The van der Waals surface area contributed by atoms with Gasteiger partial charge in [-0.2, -0.15) is 13.2 Å². The normalized spacial score (nSPS) is 18.0. The molecule has 0 amide bonds. The van der Waals surface area contributed by atoms with Gasteiger partial charge in [-0.3, -0.25) is 4.79 Å². The largest absolute Gasteiger partial charge is 0.416 e. The Labute approximate surface area is 177 Å². The maximum atomic E-state index is 13.0. The van der Waals surface area contributed by atoms with Crippen LogP contribution in [0.25, 0.3) is 5.57 Å². The van der Waals surface area contributed by atoms with Crippen molar-refractivity contribution in [2.24, 2.45) is 0 Å². The first kappa shape index (κ1) is 22.3. The topological polar surface area (TPSA) is 17.1 Å². The maximum Gasteiger partial charge on any atom is 0.416 e. The lowest BCUT2D eigenvalue weighted by Crippen LogP contribution is -2.33. The number of halogens is 3. The summed E-state index contributed by atoms with van der Waals surface area (Å²) in [5.41, 5.74) is 4.11. The summed E-state index contributed by atoms with van der Waals surface area (Å²) < 4.78 is 38.9. The summed E-state index contributed by atoms with van der Waals surface area (Å²) in [6.45, 7) is 9.13. The van der Waals surface area contributed by atoms with Crippen molar-refractivity contribution < 1.29 is 18.0 Å². The fraction of sp³-hybridized carbons (Fsp3) is 0.423. The Balaban J connectivity index is 1.80. The van der Waals surface area contributed by atoms with Crippen LogP contribution in [0.4, 0.5) is 13.2 Å². The van der Waals surface area contributed by atoms with Crippen LogP contribution in [0.5, 0.6) is 0 Å². The van der Waals surface area contributed by atoms with Crippen molar-refractivity contribution in [3.05, 3.63) is 76.4 Å². The molecule has 1 aliphatic rings. The number of aryl methyl sites for hydroxylation is 1. The van der Waals surface area contributed by atoms with E-state index in [1.807, 2.05) is 0 Å². The second kappa shape index (κ2) is 8.05. The Morgan fingerprint density at radius 1 is 0.967 bits per heavy atom. The molecule has 0 saturated heterocycles. The highest BCUT2D eigenvalue weighted by Crippen LogP contribution is 2.46. The molecule has 0 atom stereocenters. The van der Waals surface area contributed by atoms with Gasteiger partial charge in [-0.15, -0.1) is 0 Å². The quantitative estimate of drug-likeness (QED) is 0.371. The molecule has 2 aromatic carbocycles. The number of carbonyl (C=O) groups is 1. The lowest BCUT2D eigenvalue weighted by Gasteiger charge is -2.42. The summed E-state index contributed by atoms with van der Waals surface area (Å²) in [6, 6.07) is 11.6. The number of hydrogen-bond donors (Lipinski definition) is 0. The zero-order chi connectivity index (χ0) is 22.2. The van der Waals surface area contributed by atoms with E-state index in [0.29, 0.717) is 23.8 Å². The molecular weight excluding hydrogens is 385 g/mol. The van der Waals surface area contributed by atoms with E-state index in [0.717, 1.165) is 31.4 Å². The average Bonchev–Trinajstić information content (AvgIpc) is 2.68. The third-order valence-corrected chi connectivity index (χ3v) is 6.36. The van der Waals surface area contributed by atoms with Crippen LogP contribution >= 0.6 is 0 Å².